The van der Waals surface area contributed by atoms with Crippen LogP contribution in [0.15, 0.2) is 53.7 Å². The van der Waals surface area contributed by atoms with E-state index in [9.17, 15) is 14.4 Å². The molecular formula is C22H23N3O3S. The summed E-state index contributed by atoms with van der Waals surface area (Å²) in [5.74, 6) is -0.440. The second kappa shape index (κ2) is 8.78. The van der Waals surface area contributed by atoms with Crippen molar-refractivity contribution in [2.75, 3.05) is 11.9 Å². The van der Waals surface area contributed by atoms with Crippen molar-refractivity contribution in [1.82, 2.24) is 9.88 Å². The van der Waals surface area contributed by atoms with Crippen LogP contribution >= 0.6 is 11.8 Å². The summed E-state index contributed by atoms with van der Waals surface area (Å²) >= 11 is 1.62. The molecule has 1 N–H and O–H groups in total. The fourth-order valence-electron chi connectivity index (χ4n) is 4.06. The molecule has 2 heterocycles. The second-order valence-corrected chi connectivity index (χ2v) is 8.46. The lowest BCUT2D eigenvalue weighted by molar-refractivity contribution is -0.142. The van der Waals surface area contributed by atoms with Crippen molar-refractivity contribution in [2.24, 2.45) is 11.8 Å². The maximum absolute atomic E-state index is 12.5. The summed E-state index contributed by atoms with van der Waals surface area (Å²) in [4.78, 5) is 43.0. The van der Waals surface area contributed by atoms with E-state index in [4.69, 9.17) is 0 Å². The predicted octanol–water partition coefficient (Wildman–Crippen LogP) is 3.49. The van der Waals surface area contributed by atoms with E-state index in [0.717, 1.165) is 46.9 Å². The van der Waals surface area contributed by atoms with Gasteiger partial charge in [0.05, 0.1) is 16.9 Å². The van der Waals surface area contributed by atoms with Gasteiger partial charge < -0.3 is 5.32 Å². The topological polar surface area (TPSA) is 79.4 Å². The number of nitrogens with zero attached hydrogens (tertiary/aromatic N) is 2. The summed E-state index contributed by atoms with van der Waals surface area (Å²) in [7, 11) is 0. The zero-order valence-corrected chi connectivity index (χ0v) is 16.9. The summed E-state index contributed by atoms with van der Waals surface area (Å²) in [6.07, 6.45) is 5.22. The van der Waals surface area contributed by atoms with Crippen LogP contribution in [0.25, 0.3) is 0 Å². The third-order valence-corrected chi connectivity index (χ3v) is 6.48. The van der Waals surface area contributed by atoms with Gasteiger partial charge in [0.1, 0.15) is 6.54 Å². The number of fused-ring (bicyclic) bond motifs is 1. The molecule has 7 heteroatoms. The Kier molecular flexibility index (Phi) is 5.94. The molecular weight excluding hydrogens is 386 g/mol. The van der Waals surface area contributed by atoms with Gasteiger partial charge in [-0.2, -0.15) is 0 Å². The molecule has 2 aliphatic rings. The Morgan fingerprint density at radius 3 is 2.52 bits per heavy atom. The predicted molar refractivity (Wildman–Crippen MR) is 111 cm³/mol. The highest BCUT2D eigenvalue weighted by molar-refractivity contribution is 7.98. The van der Waals surface area contributed by atoms with Gasteiger partial charge >= 0.3 is 0 Å². The molecule has 0 spiro atoms. The minimum absolute atomic E-state index is 0.185. The lowest BCUT2D eigenvalue weighted by atomic mass is 9.81. The van der Waals surface area contributed by atoms with Crippen molar-refractivity contribution in [3.8, 4) is 0 Å². The normalized spacial score (nSPS) is 21.2. The van der Waals surface area contributed by atoms with E-state index in [2.05, 4.69) is 10.3 Å². The maximum Gasteiger partial charge on any atom is 0.244 e. The number of thioether (sulfide) groups is 1. The largest absolute Gasteiger partial charge is 0.325 e. The van der Waals surface area contributed by atoms with Crippen LogP contribution in [0.1, 0.15) is 31.2 Å². The highest BCUT2D eigenvalue weighted by Crippen LogP contribution is 2.37. The number of pyridine rings is 1. The molecule has 2 unspecified atom stereocenters. The molecule has 1 saturated heterocycles. The number of hydrogen-bond donors (Lipinski definition) is 1. The molecule has 4 rings (SSSR count). The molecule has 1 aromatic heterocycles. The molecule has 150 valence electrons. The minimum atomic E-state index is -0.347. The van der Waals surface area contributed by atoms with Gasteiger partial charge in [-0.3, -0.25) is 19.3 Å². The molecule has 0 radical (unpaired) electrons. The molecule has 2 aromatic rings. The fraction of sp³-hybridized carbons (Fsp3) is 0.364. The van der Waals surface area contributed by atoms with Crippen molar-refractivity contribution in [3.63, 3.8) is 0 Å². The van der Waals surface area contributed by atoms with Crippen molar-refractivity contribution in [1.29, 1.82) is 0 Å². The van der Waals surface area contributed by atoms with Gasteiger partial charge in [0.2, 0.25) is 17.7 Å². The van der Waals surface area contributed by atoms with Crippen molar-refractivity contribution in [2.45, 2.75) is 36.5 Å². The quantitative estimate of drug-likeness (QED) is 0.584. The van der Waals surface area contributed by atoms with Gasteiger partial charge in [-0.1, -0.05) is 31.0 Å². The Bertz CT molecular complexity index is 895. The first-order valence-electron chi connectivity index (χ1n) is 9.89. The molecule has 1 aliphatic heterocycles. The SMILES string of the molecule is O=C(CN1C(=O)C2CCCCC2C1=O)Nc1cccc(CSc2ccccn2)c1. The van der Waals surface area contributed by atoms with Gasteiger partial charge in [0.25, 0.3) is 0 Å². The van der Waals surface area contributed by atoms with E-state index < -0.39 is 0 Å². The van der Waals surface area contributed by atoms with Crippen LogP contribution in [0.2, 0.25) is 0 Å². The van der Waals surface area contributed by atoms with Crippen LogP contribution in [0.5, 0.6) is 0 Å². The molecule has 1 aromatic carbocycles. The third kappa shape index (κ3) is 4.50. The Morgan fingerprint density at radius 1 is 1.07 bits per heavy atom. The van der Waals surface area contributed by atoms with Crippen molar-refractivity contribution in [3.05, 3.63) is 54.2 Å². The molecule has 29 heavy (non-hydrogen) atoms. The molecule has 2 atom stereocenters. The Hall–Kier alpha value is -2.67. The highest BCUT2D eigenvalue weighted by atomic mass is 32.2. The standard InChI is InChI=1S/C22H23N3O3S/c26-19(13-25-21(27)17-8-1-2-9-18(17)22(25)28)24-16-7-5-6-15(12-16)14-29-20-10-3-4-11-23-20/h3-7,10-12,17-18H,1-2,8-9,13-14H2,(H,24,26). The first-order valence-corrected chi connectivity index (χ1v) is 10.9. The number of hydrogen-bond acceptors (Lipinski definition) is 5. The summed E-state index contributed by atoms with van der Waals surface area (Å²) in [6, 6.07) is 13.4. The summed E-state index contributed by atoms with van der Waals surface area (Å²) in [5.41, 5.74) is 1.71. The van der Waals surface area contributed by atoms with Gasteiger partial charge in [-0.15, -0.1) is 11.8 Å². The summed E-state index contributed by atoms with van der Waals surface area (Å²) < 4.78 is 0. The van der Waals surface area contributed by atoms with E-state index in [0.29, 0.717) is 5.69 Å². The number of amides is 3. The van der Waals surface area contributed by atoms with Gasteiger partial charge in [0.15, 0.2) is 0 Å². The average Bonchev–Trinajstić information content (AvgIpc) is 2.98. The number of aromatic nitrogens is 1. The van der Waals surface area contributed by atoms with Gasteiger partial charge in [-0.25, -0.2) is 4.98 Å². The zero-order valence-electron chi connectivity index (χ0n) is 16.0. The Labute approximate surface area is 174 Å². The number of anilines is 1. The molecule has 1 aliphatic carbocycles. The summed E-state index contributed by atoms with van der Waals surface area (Å²) in [6.45, 7) is -0.211. The molecule has 1 saturated carbocycles. The lowest BCUT2D eigenvalue weighted by Gasteiger charge is -2.19. The summed E-state index contributed by atoms with van der Waals surface area (Å²) in [5, 5.41) is 3.76. The van der Waals surface area contributed by atoms with Crippen molar-refractivity contribution >= 4 is 35.2 Å². The molecule has 6 nitrogen and oxygen atoms in total. The van der Waals surface area contributed by atoms with Crippen molar-refractivity contribution < 1.29 is 14.4 Å². The number of carbonyl (C=O) groups excluding carboxylic acids is 3. The fourth-order valence-corrected chi connectivity index (χ4v) is 4.86. The third-order valence-electron chi connectivity index (χ3n) is 5.47. The number of likely N-dealkylation sites (tertiary alicyclic amines) is 1. The maximum atomic E-state index is 12.5. The smallest absolute Gasteiger partial charge is 0.244 e. The van der Waals surface area contributed by atoms with E-state index in [1.807, 2.05) is 36.4 Å². The van der Waals surface area contributed by atoms with Gasteiger partial charge in [0, 0.05) is 17.6 Å². The lowest BCUT2D eigenvalue weighted by Crippen LogP contribution is -2.38. The molecule has 2 fully saturated rings. The van der Waals surface area contributed by atoms with E-state index >= 15 is 0 Å². The van der Waals surface area contributed by atoms with E-state index in [-0.39, 0.29) is 36.1 Å². The minimum Gasteiger partial charge on any atom is -0.325 e. The number of benzene rings is 1. The first-order chi connectivity index (χ1) is 14.1. The van der Waals surface area contributed by atoms with Gasteiger partial charge in [-0.05, 0) is 42.7 Å². The van der Waals surface area contributed by atoms with E-state index in [1.165, 1.54) is 0 Å². The Morgan fingerprint density at radius 2 is 1.83 bits per heavy atom. The Balaban J connectivity index is 1.35. The monoisotopic (exact) mass is 409 g/mol. The second-order valence-electron chi connectivity index (χ2n) is 7.47. The zero-order chi connectivity index (χ0) is 20.2. The molecule has 0 bridgehead atoms. The van der Waals surface area contributed by atoms with Crippen LogP contribution in [0, 0.1) is 11.8 Å². The van der Waals surface area contributed by atoms with Crippen LogP contribution in [0.3, 0.4) is 0 Å². The van der Waals surface area contributed by atoms with Crippen LogP contribution < -0.4 is 5.32 Å². The number of carbonyl (C=O) groups is 3. The number of rotatable bonds is 6. The average molecular weight is 410 g/mol. The highest BCUT2D eigenvalue weighted by Gasteiger charge is 2.48. The van der Waals surface area contributed by atoms with Crippen LogP contribution in [-0.2, 0) is 20.1 Å². The number of imide groups is 1. The van der Waals surface area contributed by atoms with E-state index in [1.54, 1.807) is 24.0 Å². The first kappa shape index (κ1) is 19.6. The number of nitrogens with one attached hydrogen (secondary N) is 1. The molecule has 3 amide bonds. The van der Waals surface area contributed by atoms with Crippen LogP contribution in [0.4, 0.5) is 5.69 Å². The van der Waals surface area contributed by atoms with Crippen LogP contribution in [-0.4, -0.2) is 34.2 Å².